The lowest BCUT2D eigenvalue weighted by Gasteiger charge is -2.05. The molecule has 0 unspecified atom stereocenters. The lowest BCUT2D eigenvalue weighted by molar-refractivity contribution is -0.115. The van der Waals surface area contributed by atoms with Crippen LogP contribution >= 0.6 is 0 Å². The fraction of sp³-hybridized carbons (Fsp3) is 0.0769. The lowest BCUT2D eigenvalue weighted by atomic mass is 10.1. The first-order chi connectivity index (χ1) is 8.25. The number of nitrogens with one attached hydrogen (secondary N) is 1. The molecule has 2 rings (SSSR count). The number of carbonyl (C=O) groups is 1. The molecule has 0 bridgehead atoms. The van der Waals surface area contributed by atoms with Gasteiger partial charge in [0, 0.05) is 18.1 Å². The number of halogens is 1. The van der Waals surface area contributed by atoms with Crippen molar-refractivity contribution in [2.24, 2.45) is 0 Å². The van der Waals surface area contributed by atoms with Gasteiger partial charge in [0.05, 0.1) is 6.42 Å². The van der Waals surface area contributed by atoms with E-state index in [1.165, 1.54) is 6.07 Å². The van der Waals surface area contributed by atoms with Crippen molar-refractivity contribution in [2.75, 3.05) is 5.32 Å². The summed E-state index contributed by atoms with van der Waals surface area (Å²) in [5, 5.41) is 2.67. The van der Waals surface area contributed by atoms with Crippen LogP contribution in [0.25, 0.3) is 0 Å². The number of anilines is 1. The van der Waals surface area contributed by atoms with Gasteiger partial charge in [0.1, 0.15) is 5.82 Å². The summed E-state index contributed by atoms with van der Waals surface area (Å²) in [6.07, 6.45) is 3.19. The SMILES string of the molecule is O=C(Cc1ccccc1F)Nc1ccncc1. The number of pyridine rings is 1. The van der Waals surface area contributed by atoms with Gasteiger partial charge >= 0.3 is 0 Å². The van der Waals surface area contributed by atoms with Gasteiger partial charge in [-0.05, 0) is 23.8 Å². The molecule has 86 valence electrons. The van der Waals surface area contributed by atoms with Crippen LogP contribution in [0.3, 0.4) is 0 Å². The highest BCUT2D eigenvalue weighted by Crippen LogP contribution is 2.09. The molecule has 2 aromatic rings. The van der Waals surface area contributed by atoms with E-state index in [9.17, 15) is 9.18 Å². The topological polar surface area (TPSA) is 42.0 Å². The Kier molecular flexibility index (Phi) is 3.45. The standard InChI is InChI=1S/C13H11FN2O/c14-12-4-2-1-3-10(12)9-13(17)16-11-5-7-15-8-6-11/h1-8H,9H2,(H,15,16,17). The molecule has 0 fully saturated rings. The first-order valence-corrected chi connectivity index (χ1v) is 5.19. The van der Waals surface area contributed by atoms with Gasteiger partial charge in [-0.1, -0.05) is 18.2 Å². The first-order valence-electron chi connectivity index (χ1n) is 5.19. The molecule has 0 aliphatic carbocycles. The van der Waals surface area contributed by atoms with E-state index in [2.05, 4.69) is 10.3 Å². The monoisotopic (exact) mass is 230 g/mol. The zero-order valence-corrected chi connectivity index (χ0v) is 9.06. The minimum absolute atomic E-state index is 0.0228. The molecular formula is C13H11FN2O. The quantitative estimate of drug-likeness (QED) is 0.879. The Labute approximate surface area is 98.3 Å². The minimum atomic E-state index is -0.364. The van der Waals surface area contributed by atoms with Crippen molar-refractivity contribution in [3.63, 3.8) is 0 Å². The van der Waals surface area contributed by atoms with Crippen LogP contribution in [-0.2, 0) is 11.2 Å². The summed E-state index contributed by atoms with van der Waals surface area (Å²) in [7, 11) is 0. The Morgan fingerprint density at radius 3 is 2.59 bits per heavy atom. The van der Waals surface area contributed by atoms with E-state index >= 15 is 0 Å². The molecule has 4 heteroatoms. The van der Waals surface area contributed by atoms with E-state index < -0.39 is 0 Å². The number of benzene rings is 1. The molecule has 1 heterocycles. The molecule has 1 N–H and O–H groups in total. The van der Waals surface area contributed by atoms with Gasteiger partial charge < -0.3 is 5.32 Å². The van der Waals surface area contributed by atoms with Crippen molar-refractivity contribution >= 4 is 11.6 Å². The Morgan fingerprint density at radius 2 is 1.88 bits per heavy atom. The summed E-state index contributed by atoms with van der Waals surface area (Å²) >= 11 is 0. The van der Waals surface area contributed by atoms with Crippen LogP contribution < -0.4 is 5.32 Å². The summed E-state index contributed by atoms with van der Waals surface area (Å²) in [4.78, 5) is 15.5. The van der Waals surface area contributed by atoms with Crippen molar-refractivity contribution < 1.29 is 9.18 Å². The van der Waals surface area contributed by atoms with Crippen LogP contribution in [0.2, 0.25) is 0 Å². The summed E-state index contributed by atoms with van der Waals surface area (Å²) in [5.74, 6) is -0.612. The van der Waals surface area contributed by atoms with E-state index in [0.717, 1.165) is 0 Å². The Morgan fingerprint density at radius 1 is 1.18 bits per heavy atom. The average Bonchev–Trinajstić information content (AvgIpc) is 2.33. The fourth-order valence-electron chi connectivity index (χ4n) is 1.46. The van der Waals surface area contributed by atoms with Crippen molar-refractivity contribution in [3.8, 4) is 0 Å². The van der Waals surface area contributed by atoms with Crippen LogP contribution in [0.5, 0.6) is 0 Å². The van der Waals surface area contributed by atoms with Gasteiger partial charge in [-0.25, -0.2) is 4.39 Å². The molecule has 0 atom stereocenters. The van der Waals surface area contributed by atoms with Gasteiger partial charge in [-0.15, -0.1) is 0 Å². The summed E-state index contributed by atoms with van der Waals surface area (Å²) in [5.41, 5.74) is 1.04. The third kappa shape index (κ3) is 3.11. The smallest absolute Gasteiger partial charge is 0.228 e. The molecule has 17 heavy (non-hydrogen) atoms. The zero-order chi connectivity index (χ0) is 12.1. The Balaban J connectivity index is 2.01. The van der Waals surface area contributed by atoms with Gasteiger partial charge in [-0.2, -0.15) is 0 Å². The van der Waals surface area contributed by atoms with Crippen LogP contribution in [0.4, 0.5) is 10.1 Å². The molecule has 0 saturated carbocycles. The van der Waals surface area contributed by atoms with Gasteiger partial charge in [-0.3, -0.25) is 9.78 Å². The fourth-order valence-corrected chi connectivity index (χ4v) is 1.46. The van der Waals surface area contributed by atoms with Crippen molar-refractivity contribution in [2.45, 2.75) is 6.42 Å². The minimum Gasteiger partial charge on any atom is -0.326 e. The Hall–Kier alpha value is -2.23. The molecule has 0 aliphatic heterocycles. The maximum Gasteiger partial charge on any atom is 0.228 e. The van der Waals surface area contributed by atoms with Crippen molar-refractivity contribution in [1.82, 2.24) is 4.98 Å². The summed E-state index contributed by atoms with van der Waals surface area (Å²) in [6, 6.07) is 9.60. The maximum absolute atomic E-state index is 13.3. The van der Waals surface area contributed by atoms with Crippen molar-refractivity contribution in [1.29, 1.82) is 0 Å². The van der Waals surface area contributed by atoms with E-state index in [1.54, 1.807) is 42.7 Å². The second kappa shape index (κ2) is 5.21. The molecule has 3 nitrogen and oxygen atoms in total. The third-order valence-electron chi connectivity index (χ3n) is 2.27. The highest BCUT2D eigenvalue weighted by atomic mass is 19.1. The zero-order valence-electron chi connectivity index (χ0n) is 9.06. The first kappa shape index (κ1) is 11.3. The van der Waals surface area contributed by atoms with Gasteiger partial charge in [0.2, 0.25) is 5.91 Å². The van der Waals surface area contributed by atoms with E-state index in [0.29, 0.717) is 11.3 Å². The number of nitrogens with zero attached hydrogens (tertiary/aromatic N) is 1. The second-order valence-corrected chi connectivity index (χ2v) is 3.55. The lowest BCUT2D eigenvalue weighted by Crippen LogP contribution is -2.15. The molecule has 0 radical (unpaired) electrons. The van der Waals surface area contributed by atoms with Crippen LogP contribution in [0, 0.1) is 5.82 Å². The van der Waals surface area contributed by atoms with E-state index in [1.807, 2.05) is 0 Å². The molecule has 0 spiro atoms. The highest BCUT2D eigenvalue weighted by Gasteiger charge is 2.07. The average molecular weight is 230 g/mol. The third-order valence-corrected chi connectivity index (χ3v) is 2.27. The number of amides is 1. The predicted molar refractivity (Wildman–Crippen MR) is 63.0 cm³/mol. The summed E-state index contributed by atoms with van der Waals surface area (Å²) in [6.45, 7) is 0. The van der Waals surface area contributed by atoms with Crippen LogP contribution in [0.15, 0.2) is 48.8 Å². The Bertz CT molecular complexity index is 514. The van der Waals surface area contributed by atoms with Crippen LogP contribution in [0.1, 0.15) is 5.56 Å². The van der Waals surface area contributed by atoms with Crippen molar-refractivity contribution in [3.05, 3.63) is 60.2 Å². The number of hydrogen-bond acceptors (Lipinski definition) is 2. The van der Waals surface area contributed by atoms with E-state index in [-0.39, 0.29) is 18.1 Å². The maximum atomic E-state index is 13.3. The normalized spacial score (nSPS) is 9.94. The predicted octanol–water partition coefficient (Wildman–Crippen LogP) is 2.40. The molecule has 1 aromatic heterocycles. The number of hydrogen-bond donors (Lipinski definition) is 1. The van der Waals surface area contributed by atoms with Gasteiger partial charge in [0.25, 0.3) is 0 Å². The molecule has 0 aliphatic rings. The van der Waals surface area contributed by atoms with Crippen LogP contribution in [-0.4, -0.2) is 10.9 Å². The number of aromatic nitrogens is 1. The van der Waals surface area contributed by atoms with Gasteiger partial charge in [0.15, 0.2) is 0 Å². The molecular weight excluding hydrogens is 219 g/mol. The largest absolute Gasteiger partial charge is 0.326 e. The number of rotatable bonds is 3. The van der Waals surface area contributed by atoms with E-state index in [4.69, 9.17) is 0 Å². The summed E-state index contributed by atoms with van der Waals surface area (Å²) < 4.78 is 13.3. The molecule has 1 aromatic carbocycles. The number of carbonyl (C=O) groups excluding carboxylic acids is 1. The highest BCUT2D eigenvalue weighted by molar-refractivity contribution is 5.92. The molecule has 1 amide bonds. The second-order valence-electron chi connectivity index (χ2n) is 3.55. The molecule has 0 saturated heterocycles.